The molecule has 1 aliphatic rings. The predicted molar refractivity (Wildman–Crippen MR) is 130 cm³/mol. The molecule has 1 aromatic heterocycles. The van der Waals surface area contributed by atoms with Crippen molar-refractivity contribution in [1.29, 1.82) is 0 Å². The topological polar surface area (TPSA) is 45.6 Å². The second-order valence-corrected chi connectivity index (χ2v) is 8.64. The van der Waals surface area contributed by atoms with Crippen LogP contribution in [0.25, 0.3) is 10.9 Å². The third kappa shape index (κ3) is 4.57. The van der Waals surface area contributed by atoms with E-state index in [0.717, 1.165) is 22.0 Å². The van der Waals surface area contributed by atoms with Crippen molar-refractivity contribution in [2.24, 2.45) is 0 Å². The molecule has 0 bridgehead atoms. The summed E-state index contributed by atoms with van der Waals surface area (Å²) in [6.45, 7) is 2.74. The second-order valence-electron chi connectivity index (χ2n) is 8.64. The first-order chi connectivity index (χ1) is 16.6. The molecule has 1 saturated heterocycles. The van der Waals surface area contributed by atoms with Gasteiger partial charge in [-0.3, -0.25) is 9.59 Å². The summed E-state index contributed by atoms with van der Waals surface area (Å²) in [5, 5.41) is 1.05. The second kappa shape index (κ2) is 9.51. The summed E-state index contributed by atoms with van der Waals surface area (Å²) in [6, 6.07) is 23.8. The van der Waals surface area contributed by atoms with E-state index in [9.17, 15) is 14.0 Å². The maximum Gasteiger partial charge on any atom is 0.253 e. The minimum absolute atomic E-state index is 0.0107. The van der Waals surface area contributed by atoms with Crippen molar-refractivity contribution in [3.63, 3.8) is 0 Å². The first-order valence-electron chi connectivity index (χ1n) is 11.5. The lowest BCUT2D eigenvalue weighted by Gasteiger charge is -2.35. The summed E-state index contributed by atoms with van der Waals surface area (Å²) in [5.74, 6) is -0.175. The molecule has 0 atom stereocenters. The molecule has 5 nitrogen and oxygen atoms in total. The van der Waals surface area contributed by atoms with Gasteiger partial charge in [0, 0.05) is 55.4 Å². The largest absolute Gasteiger partial charge is 0.343 e. The summed E-state index contributed by atoms with van der Waals surface area (Å²) in [7, 11) is 0. The summed E-state index contributed by atoms with van der Waals surface area (Å²) >= 11 is 0. The number of nitrogens with zero attached hydrogens (tertiary/aromatic N) is 3. The normalized spacial score (nSPS) is 13.9. The van der Waals surface area contributed by atoms with Crippen LogP contribution < -0.4 is 0 Å². The van der Waals surface area contributed by atoms with Crippen LogP contribution in [0.4, 0.5) is 4.39 Å². The number of hydrogen-bond acceptors (Lipinski definition) is 2. The van der Waals surface area contributed by atoms with Crippen LogP contribution in [0.5, 0.6) is 0 Å². The number of piperazine rings is 1. The molecule has 2 amide bonds. The fourth-order valence-electron chi connectivity index (χ4n) is 4.58. The molecule has 1 fully saturated rings. The lowest BCUT2D eigenvalue weighted by Crippen LogP contribution is -2.51. The minimum Gasteiger partial charge on any atom is -0.343 e. The van der Waals surface area contributed by atoms with Gasteiger partial charge in [-0.25, -0.2) is 4.39 Å². The number of hydrogen-bond donors (Lipinski definition) is 0. The Morgan fingerprint density at radius 1 is 0.765 bits per heavy atom. The van der Waals surface area contributed by atoms with E-state index in [1.165, 1.54) is 12.1 Å². The highest BCUT2D eigenvalue weighted by molar-refractivity contribution is 5.94. The number of aromatic nitrogens is 1. The van der Waals surface area contributed by atoms with E-state index >= 15 is 0 Å². The predicted octanol–water partition coefficient (Wildman–Crippen LogP) is 4.36. The molecule has 34 heavy (non-hydrogen) atoms. The highest BCUT2D eigenvalue weighted by Gasteiger charge is 2.25. The van der Waals surface area contributed by atoms with Gasteiger partial charge in [-0.05, 0) is 41.5 Å². The van der Waals surface area contributed by atoms with Crippen LogP contribution in [0.15, 0.2) is 85.1 Å². The lowest BCUT2D eigenvalue weighted by molar-refractivity contribution is -0.131. The quantitative estimate of drug-likeness (QED) is 0.449. The van der Waals surface area contributed by atoms with Crippen LogP contribution in [0, 0.1) is 5.82 Å². The van der Waals surface area contributed by atoms with E-state index in [0.29, 0.717) is 44.7 Å². The lowest BCUT2D eigenvalue weighted by atomic mass is 10.1. The van der Waals surface area contributed by atoms with Crippen molar-refractivity contribution in [2.45, 2.75) is 13.0 Å². The maximum atomic E-state index is 13.3. The van der Waals surface area contributed by atoms with E-state index < -0.39 is 0 Å². The first kappa shape index (κ1) is 21.9. The minimum atomic E-state index is -0.252. The number of benzene rings is 3. The Bertz CT molecular complexity index is 1310. The average Bonchev–Trinajstić information content (AvgIpc) is 3.22. The Labute approximate surface area is 198 Å². The molecule has 0 radical (unpaired) electrons. The van der Waals surface area contributed by atoms with Crippen LogP contribution in [0.1, 0.15) is 21.5 Å². The zero-order valence-corrected chi connectivity index (χ0v) is 18.9. The standard InChI is InChI=1S/C28H26FN3O2/c29-24-12-10-21(11-13-24)19-32-20-23(25-8-4-5-9-26(25)32)18-27(33)30-14-16-31(17-15-30)28(34)22-6-2-1-3-7-22/h1-13,20H,14-19H2. The number of carbonyl (C=O) groups excluding carboxylic acids is 2. The summed E-state index contributed by atoms with van der Waals surface area (Å²) in [5.41, 5.74) is 3.70. The number of carbonyl (C=O) groups is 2. The Morgan fingerprint density at radius 3 is 2.15 bits per heavy atom. The van der Waals surface area contributed by atoms with Crippen LogP contribution in [-0.2, 0) is 17.8 Å². The number of para-hydroxylation sites is 1. The van der Waals surface area contributed by atoms with Gasteiger partial charge in [0.25, 0.3) is 5.91 Å². The molecule has 0 saturated carbocycles. The number of fused-ring (bicyclic) bond motifs is 1. The smallest absolute Gasteiger partial charge is 0.253 e. The third-order valence-corrected chi connectivity index (χ3v) is 6.42. The first-order valence-corrected chi connectivity index (χ1v) is 11.5. The Morgan fingerprint density at radius 2 is 1.41 bits per heavy atom. The van der Waals surface area contributed by atoms with Crippen molar-refractivity contribution in [1.82, 2.24) is 14.4 Å². The number of rotatable bonds is 5. The molecule has 172 valence electrons. The summed E-state index contributed by atoms with van der Waals surface area (Å²) < 4.78 is 15.4. The van der Waals surface area contributed by atoms with Gasteiger partial charge in [-0.2, -0.15) is 0 Å². The Balaban J connectivity index is 1.27. The van der Waals surface area contributed by atoms with Gasteiger partial charge in [-0.15, -0.1) is 0 Å². The van der Waals surface area contributed by atoms with Crippen molar-refractivity contribution in [2.75, 3.05) is 26.2 Å². The fourth-order valence-corrected chi connectivity index (χ4v) is 4.58. The van der Waals surface area contributed by atoms with Crippen molar-refractivity contribution >= 4 is 22.7 Å². The summed E-state index contributed by atoms with van der Waals surface area (Å²) in [4.78, 5) is 29.5. The average molecular weight is 456 g/mol. The van der Waals surface area contributed by atoms with Gasteiger partial charge >= 0.3 is 0 Å². The molecule has 3 aromatic carbocycles. The Kier molecular flexibility index (Phi) is 6.12. The molecule has 1 aliphatic heterocycles. The molecule has 0 unspecified atom stereocenters. The molecular weight excluding hydrogens is 429 g/mol. The zero-order valence-electron chi connectivity index (χ0n) is 18.9. The van der Waals surface area contributed by atoms with Crippen LogP contribution >= 0.6 is 0 Å². The molecular formula is C28H26FN3O2. The maximum absolute atomic E-state index is 13.3. The third-order valence-electron chi connectivity index (χ3n) is 6.42. The molecule has 0 N–H and O–H groups in total. The highest BCUT2D eigenvalue weighted by atomic mass is 19.1. The van der Waals surface area contributed by atoms with Gasteiger partial charge < -0.3 is 14.4 Å². The van der Waals surface area contributed by atoms with Gasteiger partial charge in [0.15, 0.2) is 0 Å². The zero-order chi connectivity index (χ0) is 23.5. The SMILES string of the molecule is O=C(Cc1cn(Cc2ccc(F)cc2)c2ccccc12)N1CCN(C(=O)c2ccccc2)CC1. The highest BCUT2D eigenvalue weighted by Crippen LogP contribution is 2.24. The van der Waals surface area contributed by atoms with E-state index in [1.807, 2.05) is 70.6 Å². The van der Waals surface area contributed by atoms with Crippen LogP contribution in [0.3, 0.4) is 0 Å². The molecule has 2 heterocycles. The van der Waals surface area contributed by atoms with E-state index in [2.05, 4.69) is 4.57 Å². The van der Waals surface area contributed by atoms with Crippen molar-refractivity contribution < 1.29 is 14.0 Å². The summed E-state index contributed by atoms with van der Waals surface area (Å²) in [6.07, 6.45) is 2.34. The van der Waals surface area contributed by atoms with E-state index in [-0.39, 0.29) is 17.6 Å². The number of amides is 2. The monoisotopic (exact) mass is 455 g/mol. The Hall–Kier alpha value is -3.93. The van der Waals surface area contributed by atoms with Crippen molar-refractivity contribution in [3.8, 4) is 0 Å². The van der Waals surface area contributed by atoms with Gasteiger partial charge in [0.2, 0.25) is 5.91 Å². The molecule has 5 rings (SSSR count). The van der Waals surface area contributed by atoms with Crippen LogP contribution in [-0.4, -0.2) is 52.4 Å². The van der Waals surface area contributed by atoms with Gasteiger partial charge in [0.1, 0.15) is 5.82 Å². The van der Waals surface area contributed by atoms with Crippen LogP contribution in [0.2, 0.25) is 0 Å². The molecule has 4 aromatic rings. The molecule has 6 heteroatoms. The van der Waals surface area contributed by atoms with E-state index in [4.69, 9.17) is 0 Å². The molecule has 0 aliphatic carbocycles. The van der Waals surface area contributed by atoms with E-state index in [1.54, 1.807) is 12.1 Å². The van der Waals surface area contributed by atoms with Gasteiger partial charge in [0.05, 0.1) is 6.42 Å². The molecule has 0 spiro atoms. The fraction of sp³-hybridized carbons (Fsp3) is 0.214. The van der Waals surface area contributed by atoms with Gasteiger partial charge in [-0.1, -0.05) is 48.5 Å². The number of halogens is 1. The van der Waals surface area contributed by atoms with Crippen molar-refractivity contribution in [3.05, 3.63) is 108 Å².